The van der Waals surface area contributed by atoms with E-state index in [-0.39, 0.29) is 23.4 Å². The molecule has 0 bridgehead atoms. The van der Waals surface area contributed by atoms with Crippen molar-refractivity contribution < 1.29 is 14.3 Å². The first-order valence-corrected chi connectivity index (χ1v) is 11.2. The summed E-state index contributed by atoms with van der Waals surface area (Å²) in [6, 6.07) is 18.9. The summed E-state index contributed by atoms with van der Waals surface area (Å²) in [5.74, 6) is -0.00613. The maximum atomic E-state index is 13.2. The Labute approximate surface area is 201 Å². The Hall–Kier alpha value is -3.90. The minimum Gasteiger partial charge on any atom is -0.494 e. The number of amides is 1. The van der Waals surface area contributed by atoms with Crippen LogP contribution in [0.5, 0.6) is 5.75 Å². The molecule has 0 fully saturated rings. The summed E-state index contributed by atoms with van der Waals surface area (Å²) in [5, 5.41) is 3.48. The summed E-state index contributed by atoms with van der Waals surface area (Å²) in [6.07, 6.45) is 1.44. The third-order valence-corrected chi connectivity index (χ3v) is 5.60. The van der Waals surface area contributed by atoms with E-state index >= 15 is 0 Å². The van der Waals surface area contributed by atoms with Crippen LogP contribution in [0.1, 0.15) is 28.4 Å². The number of anilines is 1. The predicted octanol–water partition coefficient (Wildman–Crippen LogP) is 5.23. The van der Waals surface area contributed by atoms with Gasteiger partial charge < -0.3 is 14.6 Å². The van der Waals surface area contributed by atoms with Crippen molar-refractivity contribution in [2.45, 2.75) is 20.4 Å². The van der Waals surface area contributed by atoms with Crippen LogP contribution in [-0.4, -0.2) is 22.9 Å². The van der Waals surface area contributed by atoms with E-state index in [1.165, 1.54) is 12.3 Å². The van der Waals surface area contributed by atoms with Gasteiger partial charge in [-0.2, -0.15) is 0 Å². The average molecular weight is 475 g/mol. The number of pyridine rings is 1. The molecule has 3 aromatic carbocycles. The number of carbonyl (C=O) groups is 2. The van der Waals surface area contributed by atoms with Crippen molar-refractivity contribution in [3.63, 3.8) is 0 Å². The molecule has 0 saturated carbocycles. The second-order valence-corrected chi connectivity index (χ2v) is 8.30. The fourth-order valence-corrected chi connectivity index (χ4v) is 3.85. The normalized spacial score (nSPS) is 10.8. The van der Waals surface area contributed by atoms with Gasteiger partial charge in [-0.3, -0.25) is 14.4 Å². The number of benzene rings is 3. The van der Waals surface area contributed by atoms with Crippen molar-refractivity contribution in [1.29, 1.82) is 0 Å². The lowest BCUT2D eigenvalue weighted by molar-refractivity contribution is -0.116. The molecule has 6 nitrogen and oxygen atoms in total. The quantitative estimate of drug-likeness (QED) is 0.372. The van der Waals surface area contributed by atoms with E-state index in [0.29, 0.717) is 34.1 Å². The number of ether oxygens (including phenoxy) is 1. The van der Waals surface area contributed by atoms with Gasteiger partial charge in [0.15, 0.2) is 5.78 Å². The fraction of sp³-hybridized carbons (Fsp3) is 0.148. The third-order valence-electron chi connectivity index (χ3n) is 5.36. The van der Waals surface area contributed by atoms with Gasteiger partial charge in [0.25, 0.3) is 0 Å². The van der Waals surface area contributed by atoms with E-state index in [1.807, 2.05) is 26.0 Å². The van der Waals surface area contributed by atoms with Crippen LogP contribution in [0.3, 0.4) is 0 Å². The van der Waals surface area contributed by atoms with Gasteiger partial charge in [-0.15, -0.1) is 0 Å². The van der Waals surface area contributed by atoms with Gasteiger partial charge in [-0.05, 0) is 56.3 Å². The number of hydrogen-bond acceptors (Lipinski definition) is 4. The fourth-order valence-electron chi connectivity index (χ4n) is 3.68. The van der Waals surface area contributed by atoms with Gasteiger partial charge in [0.1, 0.15) is 12.3 Å². The van der Waals surface area contributed by atoms with Crippen molar-refractivity contribution in [3.8, 4) is 5.75 Å². The summed E-state index contributed by atoms with van der Waals surface area (Å²) in [7, 11) is 0. The molecule has 0 radical (unpaired) electrons. The Morgan fingerprint density at radius 1 is 1.00 bits per heavy atom. The first-order chi connectivity index (χ1) is 16.4. The zero-order valence-electron chi connectivity index (χ0n) is 18.8. The van der Waals surface area contributed by atoms with Gasteiger partial charge >= 0.3 is 0 Å². The Balaban J connectivity index is 1.69. The van der Waals surface area contributed by atoms with Crippen molar-refractivity contribution in [2.75, 3.05) is 11.9 Å². The Kier molecular flexibility index (Phi) is 6.80. The maximum absolute atomic E-state index is 13.2. The summed E-state index contributed by atoms with van der Waals surface area (Å²) in [5.41, 5.74) is 2.08. The summed E-state index contributed by atoms with van der Waals surface area (Å²) >= 11 is 6.13. The predicted molar refractivity (Wildman–Crippen MR) is 134 cm³/mol. The zero-order valence-corrected chi connectivity index (χ0v) is 19.6. The molecule has 0 aliphatic heterocycles. The van der Waals surface area contributed by atoms with Crippen LogP contribution in [-0.2, 0) is 11.3 Å². The molecule has 34 heavy (non-hydrogen) atoms. The largest absolute Gasteiger partial charge is 0.494 e. The number of nitrogens with zero attached hydrogens (tertiary/aromatic N) is 1. The monoisotopic (exact) mass is 474 g/mol. The van der Waals surface area contributed by atoms with Gasteiger partial charge in [0.2, 0.25) is 11.3 Å². The number of nitrogens with one attached hydrogen (secondary N) is 1. The molecular weight excluding hydrogens is 452 g/mol. The molecular formula is C27H23ClN2O4. The Morgan fingerprint density at radius 3 is 2.38 bits per heavy atom. The Morgan fingerprint density at radius 2 is 1.71 bits per heavy atom. The highest BCUT2D eigenvalue weighted by atomic mass is 35.5. The van der Waals surface area contributed by atoms with Gasteiger partial charge in [0, 0.05) is 27.9 Å². The first-order valence-electron chi connectivity index (χ1n) is 10.8. The second-order valence-electron chi connectivity index (χ2n) is 7.86. The van der Waals surface area contributed by atoms with E-state index in [9.17, 15) is 14.4 Å². The van der Waals surface area contributed by atoms with Crippen molar-refractivity contribution >= 4 is 39.9 Å². The molecule has 1 heterocycles. The van der Waals surface area contributed by atoms with E-state index in [2.05, 4.69) is 5.32 Å². The van der Waals surface area contributed by atoms with Crippen LogP contribution in [0.2, 0.25) is 5.02 Å². The topological polar surface area (TPSA) is 77.4 Å². The van der Waals surface area contributed by atoms with Crippen molar-refractivity contribution in [1.82, 2.24) is 4.57 Å². The SMILES string of the molecule is CCOc1ccc(NC(=O)Cn2cc(C(=O)c3ccc(C)cc3)c(=O)c3cc(Cl)ccc32)cc1. The summed E-state index contributed by atoms with van der Waals surface area (Å²) < 4.78 is 7.02. The third kappa shape index (κ3) is 5.02. The number of hydrogen-bond donors (Lipinski definition) is 1. The van der Waals surface area contributed by atoms with Crippen LogP contribution >= 0.6 is 11.6 Å². The minimum absolute atomic E-state index is 0.0208. The molecule has 4 aromatic rings. The number of rotatable bonds is 7. The molecule has 7 heteroatoms. The van der Waals surface area contributed by atoms with Crippen molar-refractivity contribution in [3.05, 3.63) is 105 Å². The van der Waals surface area contributed by atoms with Gasteiger partial charge in [-0.1, -0.05) is 41.4 Å². The van der Waals surface area contributed by atoms with Crippen molar-refractivity contribution in [2.24, 2.45) is 0 Å². The molecule has 4 rings (SSSR count). The lowest BCUT2D eigenvalue weighted by Crippen LogP contribution is -2.24. The highest BCUT2D eigenvalue weighted by Crippen LogP contribution is 2.20. The molecule has 0 saturated heterocycles. The molecule has 0 unspecified atom stereocenters. The lowest BCUT2D eigenvalue weighted by atomic mass is 10.0. The molecule has 0 atom stereocenters. The molecule has 0 spiro atoms. The molecule has 172 valence electrons. The summed E-state index contributed by atoms with van der Waals surface area (Å²) in [4.78, 5) is 39.2. The van der Waals surface area contributed by atoms with E-state index in [0.717, 1.165) is 5.56 Å². The number of carbonyl (C=O) groups excluding carboxylic acids is 2. The van der Waals surface area contributed by atoms with E-state index in [1.54, 1.807) is 53.1 Å². The highest BCUT2D eigenvalue weighted by Gasteiger charge is 2.18. The maximum Gasteiger partial charge on any atom is 0.244 e. The smallest absolute Gasteiger partial charge is 0.244 e. The second kappa shape index (κ2) is 9.93. The summed E-state index contributed by atoms with van der Waals surface area (Å²) in [6.45, 7) is 4.27. The minimum atomic E-state index is -0.425. The van der Waals surface area contributed by atoms with Gasteiger partial charge in [0.05, 0.1) is 17.7 Å². The number of aryl methyl sites for hydroxylation is 1. The van der Waals surface area contributed by atoms with Crippen LogP contribution in [0.15, 0.2) is 77.7 Å². The lowest BCUT2D eigenvalue weighted by Gasteiger charge is -2.14. The van der Waals surface area contributed by atoms with Crippen LogP contribution in [0, 0.1) is 6.92 Å². The zero-order chi connectivity index (χ0) is 24.2. The average Bonchev–Trinajstić information content (AvgIpc) is 2.82. The number of fused-ring (bicyclic) bond motifs is 1. The van der Waals surface area contributed by atoms with Crippen LogP contribution in [0.4, 0.5) is 5.69 Å². The standard InChI is InChI=1S/C27H23ClN2O4/c1-3-34-21-11-9-20(10-12-21)29-25(31)16-30-15-23(26(32)18-6-4-17(2)5-7-18)27(33)22-14-19(28)8-13-24(22)30/h4-15H,3,16H2,1-2H3,(H,29,31). The highest BCUT2D eigenvalue weighted by molar-refractivity contribution is 6.31. The molecule has 1 N–H and O–H groups in total. The molecule has 0 aliphatic carbocycles. The van der Waals surface area contributed by atoms with Crippen LogP contribution in [0.25, 0.3) is 10.9 Å². The van der Waals surface area contributed by atoms with Crippen LogP contribution < -0.4 is 15.5 Å². The number of aromatic nitrogens is 1. The molecule has 1 aromatic heterocycles. The number of halogens is 1. The molecule has 1 amide bonds. The first kappa shape index (κ1) is 23.3. The molecule has 0 aliphatic rings. The Bertz CT molecular complexity index is 1420. The number of ketones is 1. The van der Waals surface area contributed by atoms with E-state index in [4.69, 9.17) is 16.3 Å². The van der Waals surface area contributed by atoms with Gasteiger partial charge in [-0.25, -0.2) is 0 Å². The van der Waals surface area contributed by atoms with E-state index < -0.39 is 11.2 Å².